The number of hydrogen-bond acceptors (Lipinski definition) is 6. The van der Waals surface area contributed by atoms with Gasteiger partial charge in [-0.1, -0.05) is 6.92 Å². The van der Waals surface area contributed by atoms with Crippen LogP contribution in [0.4, 0.5) is 5.69 Å². The summed E-state index contributed by atoms with van der Waals surface area (Å²) in [4.78, 5) is 25.6. The second-order valence-electron chi connectivity index (χ2n) is 5.44. The van der Waals surface area contributed by atoms with E-state index in [1.807, 2.05) is 32.9 Å². The molecule has 128 valence electrons. The minimum absolute atomic E-state index is 0.141. The summed E-state index contributed by atoms with van der Waals surface area (Å²) in [6, 6.07) is 7.43. The van der Waals surface area contributed by atoms with E-state index in [4.69, 9.17) is 4.74 Å². The van der Waals surface area contributed by atoms with Crippen molar-refractivity contribution in [3.63, 3.8) is 0 Å². The largest absolute Gasteiger partial charge is 0.424 e. The van der Waals surface area contributed by atoms with E-state index in [9.17, 15) is 4.79 Å². The number of rotatable bonds is 5. The zero-order chi connectivity index (χ0) is 17.8. The van der Waals surface area contributed by atoms with Crippen LogP contribution >= 0.6 is 11.3 Å². The van der Waals surface area contributed by atoms with Crippen molar-refractivity contribution in [3.8, 4) is 11.8 Å². The van der Waals surface area contributed by atoms with E-state index in [-0.39, 0.29) is 11.9 Å². The van der Waals surface area contributed by atoms with Gasteiger partial charge in [0.2, 0.25) is 0 Å². The fourth-order valence-electron chi connectivity index (χ4n) is 2.28. The molecule has 0 atom stereocenters. The van der Waals surface area contributed by atoms with Crippen LogP contribution in [0.2, 0.25) is 0 Å². The number of thiazole rings is 1. The molecular weight excluding hydrogens is 336 g/mol. The van der Waals surface area contributed by atoms with Gasteiger partial charge in [0, 0.05) is 18.1 Å². The van der Waals surface area contributed by atoms with Crippen molar-refractivity contribution in [2.75, 3.05) is 5.32 Å². The standard InChI is InChI=1S/C18H18N4O2S/c1-4-15-21-12(3)16(25-15)17(23)22-14-7-6-13(10-11(14)2)24-18-19-8-5-9-20-18/h5-10H,4H2,1-3H3,(H,22,23). The number of ether oxygens (including phenoxy) is 1. The van der Waals surface area contributed by atoms with Crippen LogP contribution < -0.4 is 10.1 Å². The van der Waals surface area contributed by atoms with E-state index in [0.717, 1.165) is 28.4 Å². The number of nitrogens with one attached hydrogen (secondary N) is 1. The second-order valence-corrected chi connectivity index (χ2v) is 6.52. The Morgan fingerprint density at radius 1 is 1.24 bits per heavy atom. The summed E-state index contributed by atoms with van der Waals surface area (Å²) in [7, 11) is 0. The molecule has 0 unspecified atom stereocenters. The van der Waals surface area contributed by atoms with Gasteiger partial charge in [-0.25, -0.2) is 15.0 Å². The SMILES string of the molecule is CCc1nc(C)c(C(=O)Nc2ccc(Oc3ncccn3)cc2C)s1. The Morgan fingerprint density at radius 2 is 2.00 bits per heavy atom. The maximum atomic E-state index is 12.5. The number of nitrogens with zero attached hydrogens (tertiary/aromatic N) is 3. The number of carbonyl (C=O) groups excluding carboxylic acids is 1. The van der Waals surface area contributed by atoms with Crippen molar-refractivity contribution in [2.24, 2.45) is 0 Å². The molecule has 2 heterocycles. The summed E-state index contributed by atoms with van der Waals surface area (Å²) >= 11 is 1.43. The van der Waals surface area contributed by atoms with E-state index in [0.29, 0.717) is 10.6 Å². The maximum absolute atomic E-state index is 12.5. The summed E-state index contributed by atoms with van der Waals surface area (Å²) in [5.74, 6) is 0.474. The highest BCUT2D eigenvalue weighted by atomic mass is 32.1. The van der Waals surface area contributed by atoms with Crippen molar-refractivity contribution in [1.82, 2.24) is 15.0 Å². The average molecular weight is 354 g/mol. The van der Waals surface area contributed by atoms with E-state index in [2.05, 4.69) is 20.3 Å². The van der Waals surface area contributed by atoms with Gasteiger partial charge in [0.25, 0.3) is 5.91 Å². The Bertz CT molecular complexity index is 893. The molecule has 0 fully saturated rings. The lowest BCUT2D eigenvalue weighted by Crippen LogP contribution is -2.12. The van der Waals surface area contributed by atoms with Crippen LogP contribution in [0.3, 0.4) is 0 Å². The summed E-state index contributed by atoms with van der Waals surface area (Å²) in [5.41, 5.74) is 2.38. The van der Waals surface area contributed by atoms with E-state index in [1.165, 1.54) is 11.3 Å². The van der Waals surface area contributed by atoms with Gasteiger partial charge in [0.05, 0.1) is 10.7 Å². The zero-order valence-electron chi connectivity index (χ0n) is 14.2. The Morgan fingerprint density at radius 3 is 2.64 bits per heavy atom. The number of anilines is 1. The van der Waals surface area contributed by atoms with Gasteiger partial charge < -0.3 is 10.1 Å². The molecule has 1 aromatic carbocycles. The molecule has 0 aliphatic rings. The predicted molar refractivity (Wildman–Crippen MR) is 97.5 cm³/mol. The van der Waals surface area contributed by atoms with Crippen molar-refractivity contribution < 1.29 is 9.53 Å². The van der Waals surface area contributed by atoms with Gasteiger partial charge >= 0.3 is 6.01 Å². The summed E-state index contributed by atoms with van der Waals surface area (Å²) in [5, 5.41) is 3.90. The van der Waals surface area contributed by atoms with Crippen LogP contribution in [-0.2, 0) is 6.42 Å². The van der Waals surface area contributed by atoms with Gasteiger partial charge in [0.15, 0.2) is 0 Å². The normalized spacial score (nSPS) is 10.5. The number of aryl methyl sites for hydroxylation is 3. The molecule has 0 spiro atoms. The molecule has 1 amide bonds. The number of carbonyl (C=O) groups is 1. The van der Waals surface area contributed by atoms with Gasteiger partial charge in [-0.3, -0.25) is 4.79 Å². The van der Waals surface area contributed by atoms with E-state index in [1.54, 1.807) is 24.5 Å². The first-order valence-electron chi connectivity index (χ1n) is 7.90. The lowest BCUT2D eigenvalue weighted by Gasteiger charge is -2.10. The Balaban J connectivity index is 1.74. The smallest absolute Gasteiger partial charge is 0.321 e. The fraction of sp³-hybridized carbons (Fsp3) is 0.222. The number of aromatic nitrogens is 3. The second kappa shape index (κ2) is 7.40. The molecule has 0 bridgehead atoms. The first-order chi connectivity index (χ1) is 12.1. The molecule has 25 heavy (non-hydrogen) atoms. The maximum Gasteiger partial charge on any atom is 0.321 e. The highest BCUT2D eigenvalue weighted by Crippen LogP contribution is 2.26. The molecule has 3 rings (SSSR count). The van der Waals surface area contributed by atoms with Crippen LogP contribution in [0.5, 0.6) is 11.8 Å². The number of hydrogen-bond donors (Lipinski definition) is 1. The van der Waals surface area contributed by atoms with Gasteiger partial charge in [-0.15, -0.1) is 11.3 Å². The monoisotopic (exact) mass is 354 g/mol. The van der Waals surface area contributed by atoms with Crippen molar-refractivity contribution in [3.05, 3.63) is 57.8 Å². The lowest BCUT2D eigenvalue weighted by molar-refractivity contribution is 0.102. The van der Waals surface area contributed by atoms with Gasteiger partial charge in [0.1, 0.15) is 10.6 Å². The molecular formula is C18H18N4O2S. The Labute approximate surface area is 149 Å². The predicted octanol–water partition coefficient (Wildman–Crippen LogP) is 4.16. The Kier molecular flexibility index (Phi) is 5.04. The molecule has 0 radical (unpaired) electrons. The van der Waals surface area contributed by atoms with Crippen molar-refractivity contribution >= 4 is 22.9 Å². The van der Waals surface area contributed by atoms with E-state index < -0.39 is 0 Å². The first kappa shape index (κ1) is 17.0. The van der Waals surface area contributed by atoms with Crippen LogP contribution in [0.25, 0.3) is 0 Å². The number of benzene rings is 1. The first-order valence-corrected chi connectivity index (χ1v) is 8.71. The molecule has 0 aliphatic heterocycles. The quantitative estimate of drug-likeness (QED) is 0.744. The highest BCUT2D eigenvalue weighted by molar-refractivity contribution is 7.13. The highest BCUT2D eigenvalue weighted by Gasteiger charge is 2.15. The molecule has 7 heteroatoms. The molecule has 2 aromatic heterocycles. The van der Waals surface area contributed by atoms with Crippen LogP contribution in [0.1, 0.15) is 32.9 Å². The lowest BCUT2D eigenvalue weighted by atomic mass is 10.2. The molecule has 0 saturated heterocycles. The molecule has 3 aromatic rings. The van der Waals surface area contributed by atoms with Crippen LogP contribution in [0, 0.1) is 13.8 Å². The Hall–Kier alpha value is -2.80. The molecule has 0 saturated carbocycles. The van der Waals surface area contributed by atoms with Gasteiger partial charge in [-0.2, -0.15) is 0 Å². The summed E-state index contributed by atoms with van der Waals surface area (Å²) in [6.45, 7) is 5.79. The molecule has 1 N–H and O–H groups in total. The third-order valence-electron chi connectivity index (χ3n) is 3.55. The minimum atomic E-state index is -0.141. The third-order valence-corrected chi connectivity index (χ3v) is 4.85. The van der Waals surface area contributed by atoms with E-state index >= 15 is 0 Å². The van der Waals surface area contributed by atoms with Crippen molar-refractivity contribution in [2.45, 2.75) is 27.2 Å². The topological polar surface area (TPSA) is 77.0 Å². The molecule has 6 nitrogen and oxygen atoms in total. The third kappa shape index (κ3) is 4.00. The van der Waals surface area contributed by atoms with Gasteiger partial charge in [-0.05, 0) is 50.1 Å². The molecule has 0 aliphatic carbocycles. The minimum Gasteiger partial charge on any atom is -0.424 e. The van der Waals surface area contributed by atoms with Crippen LogP contribution in [0.15, 0.2) is 36.7 Å². The average Bonchev–Trinajstić information content (AvgIpc) is 2.99. The van der Waals surface area contributed by atoms with Crippen LogP contribution in [-0.4, -0.2) is 20.9 Å². The zero-order valence-corrected chi connectivity index (χ0v) is 15.1. The number of amides is 1. The fourth-order valence-corrected chi connectivity index (χ4v) is 3.18. The summed E-state index contributed by atoms with van der Waals surface area (Å²) in [6.07, 6.45) is 4.06. The van der Waals surface area contributed by atoms with Crippen molar-refractivity contribution in [1.29, 1.82) is 0 Å². The summed E-state index contributed by atoms with van der Waals surface area (Å²) < 4.78 is 5.60.